The van der Waals surface area contributed by atoms with Crippen molar-refractivity contribution in [2.75, 3.05) is 18.2 Å². The third kappa shape index (κ3) is 2.14. The molecule has 1 N–H and O–H groups in total. The fourth-order valence-corrected chi connectivity index (χ4v) is 2.57. The van der Waals surface area contributed by atoms with Crippen LogP contribution in [0.25, 0.3) is 0 Å². The highest BCUT2D eigenvalue weighted by molar-refractivity contribution is 5.98. The number of carbonyl (C=O) groups is 1. The van der Waals surface area contributed by atoms with Gasteiger partial charge in [0.05, 0.1) is 6.04 Å². The normalized spacial score (nSPS) is 26.4. The van der Waals surface area contributed by atoms with Crippen molar-refractivity contribution in [2.45, 2.75) is 32.4 Å². The highest BCUT2D eigenvalue weighted by Crippen LogP contribution is 2.36. The maximum atomic E-state index is 12.4. The van der Waals surface area contributed by atoms with Crippen LogP contribution in [0.1, 0.15) is 20.3 Å². The van der Waals surface area contributed by atoms with Crippen molar-refractivity contribution in [1.82, 2.24) is 5.32 Å². The van der Waals surface area contributed by atoms with E-state index in [0.717, 1.165) is 24.4 Å². The van der Waals surface area contributed by atoms with Gasteiger partial charge in [-0.1, -0.05) is 0 Å². The Morgan fingerprint density at radius 2 is 2.05 bits per heavy atom. The van der Waals surface area contributed by atoms with Crippen LogP contribution in [0, 0.1) is 0 Å². The maximum Gasteiger partial charge on any atom is 0.244 e. The summed E-state index contributed by atoms with van der Waals surface area (Å²) in [5, 5.41) is 3.23. The van der Waals surface area contributed by atoms with Crippen LogP contribution in [0.5, 0.6) is 11.5 Å². The molecule has 1 fully saturated rings. The molecule has 5 nitrogen and oxygen atoms in total. The number of fused-ring (bicyclic) bond motifs is 1. The van der Waals surface area contributed by atoms with Crippen LogP contribution in [0.4, 0.5) is 5.69 Å². The first-order chi connectivity index (χ1) is 9.16. The van der Waals surface area contributed by atoms with E-state index in [0.29, 0.717) is 5.75 Å². The number of hydrogen-bond donors (Lipinski definition) is 1. The van der Waals surface area contributed by atoms with Gasteiger partial charge in [0.25, 0.3) is 0 Å². The molecule has 0 aromatic heterocycles. The molecule has 1 aromatic carbocycles. The second-order valence-corrected chi connectivity index (χ2v) is 5.06. The van der Waals surface area contributed by atoms with E-state index in [-0.39, 0.29) is 24.8 Å². The minimum atomic E-state index is -0.157. The van der Waals surface area contributed by atoms with Gasteiger partial charge < -0.3 is 19.7 Å². The second-order valence-electron chi connectivity index (χ2n) is 5.06. The maximum absolute atomic E-state index is 12.4. The van der Waals surface area contributed by atoms with E-state index in [2.05, 4.69) is 12.2 Å². The van der Waals surface area contributed by atoms with Gasteiger partial charge >= 0.3 is 0 Å². The molecule has 5 heteroatoms. The molecule has 1 aromatic rings. The number of carbonyl (C=O) groups excluding carboxylic acids is 1. The van der Waals surface area contributed by atoms with E-state index >= 15 is 0 Å². The molecule has 2 aliphatic heterocycles. The highest BCUT2D eigenvalue weighted by atomic mass is 16.7. The van der Waals surface area contributed by atoms with E-state index in [9.17, 15) is 4.79 Å². The molecule has 0 saturated carbocycles. The van der Waals surface area contributed by atoms with Crippen LogP contribution < -0.4 is 19.7 Å². The third-order valence-electron chi connectivity index (χ3n) is 3.70. The Balaban J connectivity index is 1.96. The molecular formula is C14H18N2O3. The van der Waals surface area contributed by atoms with Gasteiger partial charge in [-0.3, -0.25) is 4.79 Å². The van der Waals surface area contributed by atoms with E-state index in [4.69, 9.17) is 9.47 Å². The SMILES string of the molecule is CC1NCCC(C)N(c2ccc3c(c2)OCO3)C1=O. The Morgan fingerprint density at radius 3 is 2.89 bits per heavy atom. The average Bonchev–Trinajstić information content (AvgIpc) is 2.81. The molecule has 1 amide bonds. The van der Waals surface area contributed by atoms with Crippen molar-refractivity contribution in [3.63, 3.8) is 0 Å². The van der Waals surface area contributed by atoms with Gasteiger partial charge in [0, 0.05) is 17.8 Å². The second kappa shape index (κ2) is 4.74. The fraction of sp³-hybridized carbons (Fsp3) is 0.500. The topological polar surface area (TPSA) is 50.8 Å². The quantitative estimate of drug-likeness (QED) is 0.833. The lowest BCUT2D eigenvalue weighted by atomic mass is 10.1. The van der Waals surface area contributed by atoms with E-state index in [1.807, 2.05) is 30.0 Å². The number of rotatable bonds is 1. The van der Waals surface area contributed by atoms with Crippen LogP contribution in [0.15, 0.2) is 18.2 Å². The lowest BCUT2D eigenvalue weighted by Crippen LogP contribution is -2.44. The highest BCUT2D eigenvalue weighted by Gasteiger charge is 2.30. The summed E-state index contributed by atoms with van der Waals surface area (Å²) >= 11 is 0. The molecule has 3 rings (SSSR count). The van der Waals surface area contributed by atoms with Gasteiger partial charge in [0.1, 0.15) is 0 Å². The minimum absolute atomic E-state index is 0.101. The molecule has 19 heavy (non-hydrogen) atoms. The van der Waals surface area contributed by atoms with Crippen molar-refractivity contribution in [3.05, 3.63) is 18.2 Å². The number of benzene rings is 1. The Labute approximate surface area is 112 Å². The number of nitrogens with zero attached hydrogens (tertiary/aromatic N) is 1. The molecule has 0 radical (unpaired) electrons. The predicted octanol–water partition coefficient (Wildman–Crippen LogP) is 1.52. The summed E-state index contributed by atoms with van der Waals surface area (Å²) in [6.45, 7) is 5.08. The average molecular weight is 262 g/mol. The van der Waals surface area contributed by atoms with Gasteiger partial charge in [0.15, 0.2) is 11.5 Å². The van der Waals surface area contributed by atoms with E-state index < -0.39 is 0 Å². The lowest BCUT2D eigenvalue weighted by Gasteiger charge is -2.28. The first kappa shape index (κ1) is 12.3. The summed E-state index contributed by atoms with van der Waals surface area (Å²) in [7, 11) is 0. The summed E-state index contributed by atoms with van der Waals surface area (Å²) < 4.78 is 10.7. The van der Waals surface area contributed by atoms with Gasteiger partial charge in [-0.2, -0.15) is 0 Å². The molecule has 0 spiro atoms. The number of amides is 1. The number of nitrogens with one attached hydrogen (secondary N) is 1. The summed E-state index contributed by atoms with van der Waals surface area (Å²) in [5.74, 6) is 1.55. The fourth-order valence-electron chi connectivity index (χ4n) is 2.57. The van der Waals surface area contributed by atoms with Gasteiger partial charge in [-0.15, -0.1) is 0 Å². The van der Waals surface area contributed by atoms with Crippen molar-refractivity contribution >= 4 is 11.6 Å². The predicted molar refractivity (Wildman–Crippen MR) is 71.6 cm³/mol. The Morgan fingerprint density at radius 1 is 1.26 bits per heavy atom. The van der Waals surface area contributed by atoms with E-state index in [1.165, 1.54) is 0 Å². The first-order valence-electron chi connectivity index (χ1n) is 6.63. The van der Waals surface area contributed by atoms with Gasteiger partial charge in [0.2, 0.25) is 12.7 Å². The van der Waals surface area contributed by atoms with Crippen molar-refractivity contribution in [1.29, 1.82) is 0 Å². The van der Waals surface area contributed by atoms with Crippen LogP contribution in [0.2, 0.25) is 0 Å². The zero-order valence-electron chi connectivity index (χ0n) is 11.2. The van der Waals surface area contributed by atoms with Crippen LogP contribution >= 0.6 is 0 Å². The molecule has 0 aliphatic carbocycles. The van der Waals surface area contributed by atoms with E-state index in [1.54, 1.807) is 0 Å². The van der Waals surface area contributed by atoms with Crippen LogP contribution in [0.3, 0.4) is 0 Å². The molecule has 2 heterocycles. The van der Waals surface area contributed by atoms with Crippen molar-refractivity contribution in [3.8, 4) is 11.5 Å². The molecule has 2 aliphatic rings. The summed E-state index contributed by atoms with van der Waals surface area (Å²) in [4.78, 5) is 14.3. The molecule has 0 bridgehead atoms. The molecule has 102 valence electrons. The summed E-state index contributed by atoms with van der Waals surface area (Å²) in [6.07, 6.45) is 0.935. The van der Waals surface area contributed by atoms with Crippen molar-refractivity contribution in [2.24, 2.45) is 0 Å². The largest absolute Gasteiger partial charge is 0.454 e. The monoisotopic (exact) mass is 262 g/mol. The number of ether oxygens (including phenoxy) is 2. The molecular weight excluding hydrogens is 244 g/mol. The van der Waals surface area contributed by atoms with Gasteiger partial charge in [-0.05, 0) is 38.9 Å². The number of anilines is 1. The summed E-state index contributed by atoms with van der Waals surface area (Å²) in [6, 6.07) is 5.68. The molecule has 1 saturated heterocycles. The standard InChI is InChI=1S/C14H18N2O3/c1-9-5-6-15-10(2)14(17)16(9)11-3-4-12-13(7-11)19-8-18-12/h3-4,7,9-10,15H,5-6,8H2,1-2H3. The summed E-state index contributed by atoms with van der Waals surface area (Å²) in [5.41, 5.74) is 0.873. The minimum Gasteiger partial charge on any atom is -0.454 e. The zero-order valence-corrected chi connectivity index (χ0v) is 11.2. The number of hydrogen-bond acceptors (Lipinski definition) is 4. The Kier molecular flexibility index (Phi) is 3.06. The Bertz CT molecular complexity index is 503. The lowest BCUT2D eigenvalue weighted by molar-refractivity contribution is -0.120. The zero-order chi connectivity index (χ0) is 13.4. The smallest absolute Gasteiger partial charge is 0.244 e. The van der Waals surface area contributed by atoms with Crippen LogP contribution in [-0.4, -0.2) is 31.3 Å². The third-order valence-corrected chi connectivity index (χ3v) is 3.70. The van der Waals surface area contributed by atoms with Gasteiger partial charge in [-0.25, -0.2) is 0 Å². The van der Waals surface area contributed by atoms with Crippen LogP contribution in [-0.2, 0) is 4.79 Å². The Hall–Kier alpha value is -1.75. The molecule has 2 unspecified atom stereocenters. The van der Waals surface area contributed by atoms with Crippen molar-refractivity contribution < 1.29 is 14.3 Å². The molecule has 2 atom stereocenters. The first-order valence-corrected chi connectivity index (χ1v) is 6.63.